The topological polar surface area (TPSA) is 24.9 Å². The molecule has 1 unspecified atom stereocenters. The zero-order chi connectivity index (χ0) is 11.8. The smallest absolute Gasteiger partial charge is 0.109 e. The van der Waals surface area contributed by atoms with Gasteiger partial charge in [-0.15, -0.1) is 0 Å². The average molecular weight is 283 g/mol. The molecule has 1 aliphatic rings. The van der Waals surface area contributed by atoms with Crippen LogP contribution in [0.2, 0.25) is 0 Å². The van der Waals surface area contributed by atoms with Crippen molar-refractivity contribution in [1.82, 2.24) is 4.98 Å². The van der Waals surface area contributed by atoms with Crippen LogP contribution in [0.4, 0.5) is 5.69 Å². The molecular weight excluding hydrogens is 264 g/mol. The lowest BCUT2D eigenvalue weighted by atomic mass is 9.92. The Hall–Kier alpha value is -0.570. The first-order valence-corrected chi connectivity index (χ1v) is 6.64. The van der Waals surface area contributed by atoms with Gasteiger partial charge in [0, 0.05) is 6.04 Å². The van der Waals surface area contributed by atoms with Crippen LogP contribution in [0.1, 0.15) is 38.7 Å². The van der Waals surface area contributed by atoms with Gasteiger partial charge in [-0.1, -0.05) is 13.8 Å². The molecule has 2 nitrogen and oxygen atoms in total. The van der Waals surface area contributed by atoms with Crippen molar-refractivity contribution < 1.29 is 0 Å². The number of anilines is 1. The second-order valence-corrected chi connectivity index (χ2v) is 6.33. The van der Waals surface area contributed by atoms with E-state index in [0.29, 0.717) is 11.5 Å². The molecule has 0 aromatic carbocycles. The van der Waals surface area contributed by atoms with E-state index in [-0.39, 0.29) is 0 Å². The van der Waals surface area contributed by atoms with Gasteiger partial charge in [0.2, 0.25) is 0 Å². The van der Waals surface area contributed by atoms with E-state index in [9.17, 15) is 0 Å². The Bertz CT molecular complexity index is 388. The summed E-state index contributed by atoms with van der Waals surface area (Å²) in [5.41, 5.74) is 2.82. The highest BCUT2D eigenvalue weighted by Crippen LogP contribution is 2.38. The maximum Gasteiger partial charge on any atom is 0.109 e. The van der Waals surface area contributed by atoms with E-state index in [2.05, 4.69) is 53.1 Å². The molecule has 1 heterocycles. The van der Waals surface area contributed by atoms with E-state index >= 15 is 0 Å². The number of pyridine rings is 1. The Morgan fingerprint density at radius 3 is 2.81 bits per heavy atom. The number of nitrogens with zero attached hydrogens (tertiary/aromatic N) is 1. The van der Waals surface area contributed by atoms with Crippen LogP contribution in [0.25, 0.3) is 0 Å². The van der Waals surface area contributed by atoms with Crippen molar-refractivity contribution >= 4 is 21.6 Å². The van der Waals surface area contributed by atoms with Gasteiger partial charge in [0.05, 0.1) is 11.9 Å². The van der Waals surface area contributed by atoms with Crippen molar-refractivity contribution in [3.8, 4) is 0 Å². The first-order chi connectivity index (χ1) is 7.46. The SMILES string of the molecule is Cc1cc(NC2CCC(C)(C)C2)cnc1Br. The first-order valence-electron chi connectivity index (χ1n) is 5.85. The van der Waals surface area contributed by atoms with Crippen molar-refractivity contribution in [2.24, 2.45) is 5.41 Å². The van der Waals surface area contributed by atoms with Gasteiger partial charge >= 0.3 is 0 Å². The summed E-state index contributed by atoms with van der Waals surface area (Å²) in [6, 6.07) is 2.76. The summed E-state index contributed by atoms with van der Waals surface area (Å²) < 4.78 is 0.935. The maximum atomic E-state index is 4.31. The van der Waals surface area contributed by atoms with Gasteiger partial charge in [-0.3, -0.25) is 0 Å². The van der Waals surface area contributed by atoms with E-state index in [4.69, 9.17) is 0 Å². The Morgan fingerprint density at radius 1 is 1.50 bits per heavy atom. The van der Waals surface area contributed by atoms with Crippen molar-refractivity contribution in [2.45, 2.75) is 46.1 Å². The third-order valence-corrected chi connectivity index (χ3v) is 4.18. The number of hydrogen-bond acceptors (Lipinski definition) is 2. The fraction of sp³-hybridized carbons (Fsp3) is 0.615. The Morgan fingerprint density at radius 2 is 2.25 bits per heavy atom. The fourth-order valence-electron chi connectivity index (χ4n) is 2.43. The van der Waals surface area contributed by atoms with Gasteiger partial charge in [-0.2, -0.15) is 0 Å². The summed E-state index contributed by atoms with van der Waals surface area (Å²) >= 11 is 3.42. The predicted octanol–water partition coefficient (Wildman–Crippen LogP) is 4.14. The van der Waals surface area contributed by atoms with Crippen LogP contribution >= 0.6 is 15.9 Å². The Balaban J connectivity index is 2.02. The molecule has 0 saturated heterocycles. The summed E-state index contributed by atoms with van der Waals surface area (Å²) in [4.78, 5) is 4.31. The molecule has 0 radical (unpaired) electrons. The third kappa shape index (κ3) is 2.76. The molecule has 1 N–H and O–H groups in total. The van der Waals surface area contributed by atoms with E-state index in [1.165, 1.54) is 24.8 Å². The molecule has 0 aliphatic heterocycles. The summed E-state index contributed by atoms with van der Waals surface area (Å²) in [7, 11) is 0. The second-order valence-electron chi connectivity index (χ2n) is 5.58. The number of aryl methyl sites for hydroxylation is 1. The predicted molar refractivity (Wildman–Crippen MR) is 71.7 cm³/mol. The molecule has 1 aromatic heterocycles. The molecule has 1 fully saturated rings. The molecule has 0 spiro atoms. The monoisotopic (exact) mass is 282 g/mol. The van der Waals surface area contributed by atoms with Gasteiger partial charge in [0.25, 0.3) is 0 Å². The largest absolute Gasteiger partial charge is 0.381 e. The molecule has 16 heavy (non-hydrogen) atoms. The molecule has 0 bridgehead atoms. The fourth-order valence-corrected chi connectivity index (χ4v) is 2.65. The van der Waals surface area contributed by atoms with Crippen LogP contribution in [0.15, 0.2) is 16.9 Å². The zero-order valence-corrected chi connectivity index (χ0v) is 11.8. The molecule has 1 atom stereocenters. The maximum absolute atomic E-state index is 4.31. The molecule has 2 rings (SSSR count). The summed E-state index contributed by atoms with van der Waals surface area (Å²) in [5.74, 6) is 0. The van der Waals surface area contributed by atoms with Crippen molar-refractivity contribution in [3.05, 3.63) is 22.4 Å². The van der Waals surface area contributed by atoms with E-state index in [1.807, 2.05) is 6.20 Å². The van der Waals surface area contributed by atoms with Crippen LogP contribution in [0.3, 0.4) is 0 Å². The quantitative estimate of drug-likeness (QED) is 0.825. The summed E-state index contributed by atoms with van der Waals surface area (Å²) in [5, 5.41) is 3.58. The highest BCUT2D eigenvalue weighted by atomic mass is 79.9. The van der Waals surface area contributed by atoms with Crippen molar-refractivity contribution in [2.75, 3.05) is 5.32 Å². The molecule has 88 valence electrons. The molecule has 1 aromatic rings. The second kappa shape index (κ2) is 4.36. The summed E-state index contributed by atoms with van der Waals surface area (Å²) in [6.07, 6.45) is 5.74. The minimum atomic E-state index is 0.496. The number of halogens is 1. The zero-order valence-electron chi connectivity index (χ0n) is 10.2. The van der Waals surface area contributed by atoms with Gasteiger partial charge in [-0.05, 0) is 59.2 Å². The lowest BCUT2D eigenvalue weighted by Gasteiger charge is -2.18. The minimum absolute atomic E-state index is 0.496. The lowest BCUT2D eigenvalue weighted by Crippen LogP contribution is -2.17. The first kappa shape index (κ1) is 11.9. The van der Waals surface area contributed by atoms with Crippen molar-refractivity contribution in [3.63, 3.8) is 0 Å². The van der Waals surface area contributed by atoms with Gasteiger partial charge in [-0.25, -0.2) is 4.98 Å². The molecule has 3 heteroatoms. The molecule has 1 aliphatic carbocycles. The van der Waals surface area contributed by atoms with Crippen molar-refractivity contribution in [1.29, 1.82) is 0 Å². The molecular formula is C13H19BrN2. The number of aromatic nitrogens is 1. The van der Waals surface area contributed by atoms with E-state index in [0.717, 1.165) is 10.3 Å². The van der Waals surface area contributed by atoms with Crippen LogP contribution in [0, 0.1) is 12.3 Å². The molecule has 1 saturated carbocycles. The third-order valence-electron chi connectivity index (χ3n) is 3.35. The Labute approximate surface area is 106 Å². The standard InChI is InChI=1S/C13H19BrN2/c1-9-6-11(8-15-12(9)14)16-10-4-5-13(2,3)7-10/h6,8,10,16H,4-5,7H2,1-3H3. The van der Waals surface area contributed by atoms with E-state index < -0.39 is 0 Å². The number of nitrogens with one attached hydrogen (secondary N) is 1. The van der Waals surface area contributed by atoms with Gasteiger partial charge in [0.15, 0.2) is 0 Å². The van der Waals surface area contributed by atoms with Crippen LogP contribution in [-0.2, 0) is 0 Å². The molecule has 0 amide bonds. The average Bonchev–Trinajstić information content (AvgIpc) is 2.52. The van der Waals surface area contributed by atoms with Crippen LogP contribution in [-0.4, -0.2) is 11.0 Å². The number of hydrogen-bond donors (Lipinski definition) is 1. The minimum Gasteiger partial charge on any atom is -0.381 e. The van der Waals surface area contributed by atoms with Crippen LogP contribution in [0.5, 0.6) is 0 Å². The van der Waals surface area contributed by atoms with Gasteiger partial charge in [0.1, 0.15) is 4.60 Å². The normalized spacial score (nSPS) is 23.4. The highest BCUT2D eigenvalue weighted by molar-refractivity contribution is 9.10. The van der Waals surface area contributed by atoms with Crippen LogP contribution < -0.4 is 5.32 Å². The van der Waals surface area contributed by atoms with E-state index in [1.54, 1.807) is 0 Å². The summed E-state index contributed by atoms with van der Waals surface area (Å²) in [6.45, 7) is 6.76. The van der Waals surface area contributed by atoms with Gasteiger partial charge < -0.3 is 5.32 Å². The Kier molecular flexibility index (Phi) is 3.24. The number of rotatable bonds is 2. The lowest BCUT2D eigenvalue weighted by molar-refractivity contribution is 0.378. The highest BCUT2D eigenvalue weighted by Gasteiger charge is 2.30.